The average molecular weight is 405 g/mol. The van der Waals surface area contributed by atoms with Crippen LogP contribution in [0.1, 0.15) is 15.9 Å². The van der Waals surface area contributed by atoms with E-state index in [4.69, 9.17) is 4.74 Å². The number of esters is 1. The SMILES string of the molecule is COC(=O)COc1ccc(Br)cc1/C=C1\Sc2ccccc2C1=O. The summed E-state index contributed by atoms with van der Waals surface area (Å²) in [5, 5.41) is 0. The maximum Gasteiger partial charge on any atom is 0.343 e. The maximum absolute atomic E-state index is 12.5. The molecule has 4 nitrogen and oxygen atoms in total. The van der Waals surface area contributed by atoms with E-state index in [0.29, 0.717) is 16.2 Å². The summed E-state index contributed by atoms with van der Waals surface area (Å²) < 4.78 is 10.9. The molecule has 1 heterocycles. The number of rotatable bonds is 4. The summed E-state index contributed by atoms with van der Waals surface area (Å²) in [5.74, 6) is 0.0465. The molecule has 1 aliphatic heterocycles. The van der Waals surface area contributed by atoms with Gasteiger partial charge in [-0.2, -0.15) is 0 Å². The molecule has 3 rings (SSSR count). The van der Waals surface area contributed by atoms with Crippen LogP contribution in [0.5, 0.6) is 5.75 Å². The zero-order valence-corrected chi connectivity index (χ0v) is 15.1. The first-order chi connectivity index (χ1) is 11.6. The van der Waals surface area contributed by atoms with E-state index < -0.39 is 5.97 Å². The van der Waals surface area contributed by atoms with E-state index in [1.807, 2.05) is 36.4 Å². The molecule has 2 aromatic carbocycles. The summed E-state index contributed by atoms with van der Waals surface area (Å²) in [7, 11) is 1.31. The van der Waals surface area contributed by atoms with E-state index >= 15 is 0 Å². The van der Waals surface area contributed by atoms with Crippen LogP contribution in [0.4, 0.5) is 0 Å². The van der Waals surface area contributed by atoms with Crippen molar-refractivity contribution in [2.24, 2.45) is 0 Å². The second kappa shape index (κ2) is 7.23. The van der Waals surface area contributed by atoms with Gasteiger partial charge in [0, 0.05) is 20.5 Å². The molecule has 0 fully saturated rings. The largest absolute Gasteiger partial charge is 0.481 e. The molecule has 0 saturated heterocycles. The van der Waals surface area contributed by atoms with Crippen molar-refractivity contribution in [1.82, 2.24) is 0 Å². The molecule has 0 unspecified atom stereocenters. The molecule has 1 aliphatic rings. The fraction of sp³-hybridized carbons (Fsp3) is 0.111. The fourth-order valence-corrected chi connectivity index (χ4v) is 3.66. The second-order valence-electron chi connectivity index (χ2n) is 4.98. The van der Waals surface area contributed by atoms with Crippen LogP contribution >= 0.6 is 27.7 Å². The Bertz CT molecular complexity index is 845. The summed E-state index contributed by atoms with van der Waals surface area (Å²) >= 11 is 4.85. The van der Waals surface area contributed by atoms with Gasteiger partial charge >= 0.3 is 5.97 Å². The predicted octanol–water partition coefficient (Wildman–Crippen LogP) is 4.33. The predicted molar refractivity (Wildman–Crippen MR) is 96.3 cm³/mol. The molecule has 0 spiro atoms. The van der Waals surface area contributed by atoms with E-state index in [1.54, 1.807) is 12.1 Å². The standard InChI is InChI=1S/C18H13BrO4S/c1-22-17(20)10-23-14-7-6-12(19)8-11(14)9-16-18(21)13-4-2-3-5-15(13)24-16/h2-9H,10H2,1H3/b16-9-. The molecule has 0 amide bonds. The summed E-state index contributed by atoms with van der Waals surface area (Å²) in [5.41, 5.74) is 1.43. The molecular formula is C18H13BrO4S. The Hall–Kier alpha value is -2.05. The Balaban J connectivity index is 1.91. The number of Topliss-reactive ketones (excluding diaryl/α,β-unsaturated/α-hetero) is 1. The van der Waals surface area contributed by atoms with Gasteiger partial charge in [0.1, 0.15) is 5.75 Å². The van der Waals surface area contributed by atoms with Crippen LogP contribution in [-0.4, -0.2) is 25.5 Å². The van der Waals surface area contributed by atoms with Gasteiger partial charge in [0.15, 0.2) is 6.61 Å². The topological polar surface area (TPSA) is 52.6 Å². The third-order valence-corrected chi connectivity index (χ3v) is 5.00. The quantitative estimate of drug-likeness (QED) is 0.560. The van der Waals surface area contributed by atoms with E-state index in [-0.39, 0.29) is 12.4 Å². The molecule has 24 heavy (non-hydrogen) atoms. The first kappa shape index (κ1) is 16.8. The lowest BCUT2D eigenvalue weighted by atomic mass is 10.1. The molecule has 6 heteroatoms. The Morgan fingerprint density at radius 2 is 2.04 bits per heavy atom. The Morgan fingerprint density at radius 3 is 2.79 bits per heavy atom. The molecule has 0 aromatic heterocycles. The van der Waals surface area contributed by atoms with Crippen molar-refractivity contribution in [3.8, 4) is 5.75 Å². The van der Waals surface area contributed by atoms with Gasteiger partial charge in [-0.05, 0) is 36.4 Å². The highest BCUT2D eigenvalue weighted by atomic mass is 79.9. The molecule has 0 radical (unpaired) electrons. The van der Waals surface area contributed by atoms with Gasteiger partial charge in [-0.25, -0.2) is 4.79 Å². The number of benzene rings is 2. The number of carbonyl (C=O) groups is 2. The van der Waals surface area contributed by atoms with Crippen LogP contribution in [-0.2, 0) is 9.53 Å². The number of fused-ring (bicyclic) bond motifs is 1. The van der Waals surface area contributed by atoms with Gasteiger partial charge in [-0.1, -0.05) is 39.8 Å². The van der Waals surface area contributed by atoms with Gasteiger partial charge in [-0.3, -0.25) is 4.79 Å². The minimum absolute atomic E-state index is 0.00510. The lowest BCUT2D eigenvalue weighted by molar-refractivity contribution is -0.142. The van der Waals surface area contributed by atoms with Crippen LogP contribution in [0.25, 0.3) is 6.08 Å². The van der Waals surface area contributed by atoms with E-state index in [1.165, 1.54) is 18.9 Å². The Morgan fingerprint density at radius 1 is 1.25 bits per heavy atom. The number of methoxy groups -OCH3 is 1. The van der Waals surface area contributed by atoms with Crippen molar-refractivity contribution in [3.05, 3.63) is 63.0 Å². The number of thioether (sulfide) groups is 1. The third kappa shape index (κ3) is 3.55. The van der Waals surface area contributed by atoms with Crippen LogP contribution in [0.15, 0.2) is 56.7 Å². The fourth-order valence-electron chi connectivity index (χ4n) is 2.24. The Kier molecular flexibility index (Phi) is 5.06. The monoisotopic (exact) mass is 404 g/mol. The van der Waals surface area contributed by atoms with Crippen molar-refractivity contribution in [1.29, 1.82) is 0 Å². The van der Waals surface area contributed by atoms with E-state index in [9.17, 15) is 9.59 Å². The molecule has 0 saturated carbocycles. The van der Waals surface area contributed by atoms with E-state index in [2.05, 4.69) is 20.7 Å². The lowest BCUT2D eigenvalue weighted by Gasteiger charge is -2.09. The molecule has 2 aromatic rings. The number of hydrogen-bond acceptors (Lipinski definition) is 5. The zero-order chi connectivity index (χ0) is 17.1. The van der Waals surface area contributed by atoms with E-state index in [0.717, 1.165) is 14.9 Å². The lowest BCUT2D eigenvalue weighted by Crippen LogP contribution is -2.13. The molecule has 0 atom stereocenters. The minimum atomic E-state index is -0.463. The van der Waals surface area contributed by atoms with Crippen molar-refractivity contribution in [2.75, 3.05) is 13.7 Å². The van der Waals surface area contributed by atoms with Gasteiger partial charge in [0.05, 0.1) is 12.0 Å². The zero-order valence-electron chi connectivity index (χ0n) is 12.7. The maximum atomic E-state index is 12.5. The van der Waals surface area contributed by atoms with Gasteiger partial charge < -0.3 is 9.47 Å². The number of ketones is 1. The number of allylic oxidation sites excluding steroid dienone is 1. The molecule has 122 valence electrons. The first-order valence-electron chi connectivity index (χ1n) is 7.11. The first-order valence-corrected chi connectivity index (χ1v) is 8.72. The van der Waals surface area contributed by atoms with Crippen LogP contribution in [0.2, 0.25) is 0 Å². The third-order valence-electron chi connectivity index (χ3n) is 3.41. The van der Waals surface area contributed by atoms with Crippen LogP contribution in [0, 0.1) is 0 Å². The summed E-state index contributed by atoms with van der Waals surface area (Å²) in [6, 6.07) is 12.9. The highest BCUT2D eigenvalue weighted by molar-refractivity contribution is 9.10. The highest BCUT2D eigenvalue weighted by Crippen LogP contribution is 2.41. The second-order valence-corrected chi connectivity index (χ2v) is 6.98. The van der Waals surface area contributed by atoms with Gasteiger partial charge in [-0.15, -0.1) is 0 Å². The minimum Gasteiger partial charge on any atom is -0.481 e. The smallest absolute Gasteiger partial charge is 0.343 e. The summed E-state index contributed by atoms with van der Waals surface area (Å²) in [4.78, 5) is 25.3. The van der Waals surface area contributed by atoms with Gasteiger partial charge in [0.25, 0.3) is 0 Å². The van der Waals surface area contributed by atoms with Crippen molar-refractivity contribution < 1.29 is 19.1 Å². The van der Waals surface area contributed by atoms with Crippen molar-refractivity contribution in [3.63, 3.8) is 0 Å². The van der Waals surface area contributed by atoms with Crippen LogP contribution < -0.4 is 4.74 Å². The molecule has 0 N–H and O–H groups in total. The number of ether oxygens (including phenoxy) is 2. The number of carbonyl (C=O) groups excluding carboxylic acids is 2. The normalized spacial score (nSPS) is 14.6. The summed E-state index contributed by atoms with van der Waals surface area (Å²) in [6.45, 7) is -0.185. The number of hydrogen-bond donors (Lipinski definition) is 0. The van der Waals surface area contributed by atoms with Crippen LogP contribution in [0.3, 0.4) is 0 Å². The highest BCUT2D eigenvalue weighted by Gasteiger charge is 2.25. The van der Waals surface area contributed by atoms with Crippen molar-refractivity contribution in [2.45, 2.75) is 4.90 Å². The number of halogens is 1. The van der Waals surface area contributed by atoms with Crippen molar-refractivity contribution >= 4 is 45.5 Å². The Labute approximate surface area is 152 Å². The van der Waals surface area contributed by atoms with Gasteiger partial charge in [0.2, 0.25) is 5.78 Å². The summed E-state index contributed by atoms with van der Waals surface area (Å²) in [6.07, 6.45) is 1.78. The molecular weight excluding hydrogens is 392 g/mol. The molecule has 0 bridgehead atoms. The average Bonchev–Trinajstić information content (AvgIpc) is 2.90. The molecule has 0 aliphatic carbocycles.